The van der Waals surface area contributed by atoms with Crippen LogP contribution in [0.15, 0.2) is 23.2 Å². The van der Waals surface area contributed by atoms with Crippen molar-refractivity contribution in [3.63, 3.8) is 0 Å². The number of primary amides is 1. The Bertz CT molecular complexity index is 668. The second-order valence-corrected chi connectivity index (χ2v) is 8.09. The molecule has 2 N–H and O–H groups in total. The molecular formula is C15H22N4O3S. The quantitative estimate of drug-likeness (QED) is 0.865. The number of carbonyl (C=O) groups excluding carboxylic acids is 1. The van der Waals surface area contributed by atoms with Crippen LogP contribution in [-0.2, 0) is 14.8 Å². The molecule has 0 radical (unpaired) electrons. The highest BCUT2D eigenvalue weighted by atomic mass is 32.2. The molecule has 8 heteroatoms. The van der Waals surface area contributed by atoms with Crippen molar-refractivity contribution in [2.24, 2.45) is 11.7 Å². The molecule has 1 aromatic heterocycles. The average molecular weight is 338 g/mol. The molecule has 1 aromatic rings. The molecular weight excluding hydrogens is 316 g/mol. The first-order chi connectivity index (χ1) is 11.0. The van der Waals surface area contributed by atoms with Gasteiger partial charge in [0.15, 0.2) is 0 Å². The van der Waals surface area contributed by atoms with Gasteiger partial charge in [-0.15, -0.1) is 0 Å². The van der Waals surface area contributed by atoms with Crippen LogP contribution in [0.4, 0.5) is 5.82 Å². The zero-order valence-corrected chi connectivity index (χ0v) is 13.8. The van der Waals surface area contributed by atoms with Gasteiger partial charge in [-0.2, -0.15) is 4.31 Å². The normalized spacial score (nSPS) is 23.1. The first-order valence-electron chi connectivity index (χ1n) is 7.99. The number of carbonyl (C=O) groups is 1. The molecule has 7 nitrogen and oxygen atoms in total. The topological polar surface area (TPSA) is 96.6 Å². The highest BCUT2D eigenvalue weighted by Gasteiger charge is 2.29. The molecule has 23 heavy (non-hydrogen) atoms. The Hall–Kier alpha value is -1.67. The molecule has 2 saturated heterocycles. The van der Waals surface area contributed by atoms with E-state index in [2.05, 4.69) is 4.98 Å². The zero-order chi connectivity index (χ0) is 16.4. The van der Waals surface area contributed by atoms with E-state index in [1.807, 2.05) is 4.90 Å². The Kier molecular flexibility index (Phi) is 4.54. The van der Waals surface area contributed by atoms with Gasteiger partial charge in [0.05, 0.1) is 5.92 Å². The minimum atomic E-state index is -3.45. The van der Waals surface area contributed by atoms with E-state index in [0.717, 1.165) is 19.3 Å². The number of hydrogen-bond acceptors (Lipinski definition) is 5. The summed E-state index contributed by atoms with van der Waals surface area (Å²) in [4.78, 5) is 17.7. The molecule has 2 aliphatic rings. The molecule has 1 unspecified atom stereocenters. The van der Waals surface area contributed by atoms with E-state index in [-0.39, 0.29) is 16.7 Å². The minimum Gasteiger partial charge on any atom is -0.369 e. The molecule has 2 aliphatic heterocycles. The van der Waals surface area contributed by atoms with Crippen molar-refractivity contribution < 1.29 is 13.2 Å². The van der Waals surface area contributed by atoms with Crippen molar-refractivity contribution in [3.8, 4) is 0 Å². The largest absolute Gasteiger partial charge is 0.369 e. The van der Waals surface area contributed by atoms with E-state index in [1.54, 1.807) is 12.1 Å². The summed E-state index contributed by atoms with van der Waals surface area (Å²) in [6.45, 7) is 2.41. The second-order valence-electron chi connectivity index (χ2n) is 6.15. The fourth-order valence-corrected chi connectivity index (χ4v) is 4.63. The molecule has 0 spiro atoms. The van der Waals surface area contributed by atoms with Gasteiger partial charge in [-0.05, 0) is 31.4 Å². The summed E-state index contributed by atoms with van der Waals surface area (Å²) in [5, 5.41) is 0. The lowest BCUT2D eigenvalue weighted by Crippen LogP contribution is -2.35. The van der Waals surface area contributed by atoms with Crippen LogP contribution in [0.2, 0.25) is 0 Å². The maximum Gasteiger partial charge on any atom is 0.244 e. The minimum absolute atomic E-state index is 0.159. The van der Waals surface area contributed by atoms with E-state index in [0.29, 0.717) is 38.4 Å². The van der Waals surface area contributed by atoms with Crippen LogP contribution < -0.4 is 10.6 Å². The fourth-order valence-electron chi connectivity index (χ4n) is 3.17. The molecule has 2 fully saturated rings. The van der Waals surface area contributed by atoms with Crippen LogP contribution in [0, 0.1) is 5.92 Å². The lowest BCUT2D eigenvalue weighted by atomic mass is 10.1. The van der Waals surface area contributed by atoms with Crippen LogP contribution in [0.25, 0.3) is 0 Å². The Morgan fingerprint density at radius 1 is 1.17 bits per heavy atom. The van der Waals surface area contributed by atoms with Crippen LogP contribution in [-0.4, -0.2) is 49.8 Å². The average Bonchev–Trinajstić information content (AvgIpc) is 3.06. The number of amides is 1. The van der Waals surface area contributed by atoms with E-state index in [1.165, 1.54) is 10.5 Å². The Labute approximate surface area is 136 Å². The van der Waals surface area contributed by atoms with Gasteiger partial charge in [-0.3, -0.25) is 4.79 Å². The predicted octanol–water partition coefficient (Wildman–Crippen LogP) is 0.568. The van der Waals surface area contributed by atoms with E-state index in [9.17, 15) is 13.2 Å². The van der Waals surface area contributed by atoms with Crippen molar-refractivity contribution in [2.45, 2.75) is 30.6 Å². The predicted molar refractivity (Wildman–Crippen MR) is 86.4 cm³/mol. The van der Waals surface area contributed by atoms with Crippen molar-refractivity contribution in [1.29, 1.82) is 0 Å². The van der Waals surface area contributed by atoms with Crippen molar-refractivity contribution in [1.82, 2.24) is 9.29 Å². The third-order valence-corrected chi connectivity index (χ3v) is 6.47. The SMILES string of the molecule is NC(=O)C1CCN(c2ccc(S(=O)(=O)N3CCCCC3)cn2)C1. The summed E-state index contributed by atoms with van der Waals surface area (Å²) in [5.41, 5.74) is 5.33. The molecule has 0 aliphatic carbocycles. The van der Waals surface area contributed by atoms with Crippen molar-refractivity contribution in [3.05, 3.63) is 18.3 Å². The monoisotopic (exact) mass is 338 g/mol. The molecule has 0 aromatic carbocycles. The van der Waals surface area contributed by atoms with E-state index < -0.39 is 10.0 Å². The Balaban J connectivity index is 1.73. The maximum atomic E-state index is 12.6. The van der Waals surface area contributed by atoms with Crippen LogP contribution in [0.1, 0.15) is 25.7 Å². The van der Waals surface area contributed by atoms with E-state index in [4.69, 9.17) is 5.73 Å². The van der Waals surface area contributed by atoms with Gasteiger partial charge < -0.3 is 10.6 Å². The van der Waals surface area contributed by atoms with Gasteiger partial charge in [0.25, 0.3) is 0 Å². The molecule has 1 amide bonds. The highest BCUT2D eigenvalue weighted by Crippen LogP contribution is 2.24. The summed E-state index contributed by atoms with van der Waals surface area (Å²) in [6, 6.07) is 3.31. The third-order valence-electron chi connectivity index (χ3n) is 4.59. The molecule has 126 valence electrons. The lowest BCUT2D eigenvalue weighted by Gasteiger charge is -2.26. The number of hydrogen-bond donors (Lipinski definition) is 1. The zero-order valence-electron chi connectivity index (χ0n) is 13.0. The third kappa shape index (κ3) is 3.32. The van der Waals surface area contributed by atoms with Gasteiger partial charge >= 0.3 is 0 Å². The van der Waals surface area contributed by atoms with E-state index >= 15 is 0 Å². The number of piperidine rings is 1. The molecule has 3 rings (SSSR count). The van der Waals surface area contributed by atoms with Gasteiger partial charge in [0, 0.05) is 32.4 Å². The van der Waals surface area contributed by atoms with Gasteiger partial charge in [-0.25, -0.2) is 13.4 Å². The lowest BCUT2D eigenvalue weighted by molar-refractivity contribution is -0.121. The van der Waals surface area contributed by atoms with Crippen LogP contribution in [0.5, 0.6) is 0 Å². The maximum absolute atomic E-state index is 12.6. The summed E-state index contributed by atoms with van der Waals surface area (Å²) in [5.74, 6) is 0.233. The molecule has 0 bridgehead atoms. The molecule has 0 saturated carbocycles. The summed E-state index contributed by atoms with van der Waals surface area (Å²) < 4.78 is 26.7. The molecule has 1 atom stereocenters. The van der Waals surface area contributed by atoms with Gasteiger partial charge in [-0.1, -0.05) is 6.42 Å². The smallest absolute Gasteiger partial charge is 0.244 e. The number of sulfonamides is 1. The Morgan fingerprint density at radius 3 is 2.48 bits per heavy atom. The second kappa shape index (κ2) is 6.45. The number of nitrogens with zero attached hydrogens (tertiary/aromatic N) is 3. The number of aromatic nitrogens is 1. The van der Waals surface area contributed by atoms with Gasteiger partial charge in [0.1, 0.15) is 10.7 Å². The summed E-state index contributed by atoms with van der Waals surface area (Å²) in [7, 11) is -3.45. The van der Waals surface area contributed by atoms with Crippen LogP contribution >= 0.6 is 0 Å². The summed E-state index contributed by atoms with van der Waals surface area (Å²) >= 11 is 0. The van der Waals surface area contributed by atoms with Gasteiger partial charge in [0.2, 0.25) is 15.9 Å². The van der Waals surface area contributed by atoms with Crippen LogP contribution in [0.3, 0.4) is 0 Å². The standard InChI is InChI=1S/C15H22N4O3S/c16-15(20)12-6-9-18(11-12)14-5-4-13(10-17-14)23(21,22)19-7-2-1-3-8-19/h4-5,10,12H,1-3,6-9,11H2,(H2,16,20). The highest BCUT2D eigenvalue weighted by molar-refractivity contribution is 7.89. The number of anilines is 1. The van der Waals surface area contributed by atoms with Crippen molar-refractivity contribution >= 4 is 21.7 Å². The number of nitrogens with two attached hydrogens (primary N) is 1. The molecule has 3 heterocycles. The first-order valence-corrected chi connectivity index (χ1v) is 9.43. The number of rotatable bonds is 4. The fraction of sp³-hybridized carbons (Fsp3) is 0.600. The number of pyridine rings is 1. The Morgan fingerprint density at radius 2 is 1.91 bits per heavy atom. The van der Waals surface area contributed by atoms with Crippen molar-refractivity contribution in [2.75, 3.05) is 31.1 Å². The first kappa shape index (κ1) is 16.2. The summed E-state index contributed by atoms with van der Waals surface area (Å²) in [6.07, 6.45) is 5.03.